The first-order valence-corrected chi connectivity index (χ1v) is 9.22. The third-order valence-electron chi connectivity index (χ3n) is 4.04. The van der Waals surface area contributed by atoms with Gasteiger partial charge in [0, 0.05) is 44.4 Å². The Kier molecular flexibility index (Phi) is 10.5. The Bertz CT molecular complexity index is 583. The third-order valence-corrected chi connectivity index (χ3v) is 4.04. The maximum atomic E-state index is 12.7. The van der Waals surface area contributed by atoms with Crippen LogP contribution in [0.1, 0.15) is 32.8 Å². The van der Waals surface area contributed by atoms with Crippen molar-refractivity contribution in [3.05, 3.63) is 23.8 Å². The first kappa shape index (κ1) is 23.0. The number of alkyl halides is 2. The third kappa shape index (κ3) is 8.90. The molecular weight excluding hydrogens is 354 g/mol. The van der Waals surface area contributed by atoms with Crippen LogP contribution >= 0.6 is 0 Å². The normalized spacial score (nSPS) is 12.0. The molecule has 1 aromatic rings. The van der Waals surface area contributed by atoms with Gasteiger partial charge in [-0.2, -0.15) is 8.78 Å². The summed E-state index contributed by atoms with van der Waals surface area (Å²) in [4.78, 5) is 6.37. The van der Waals surface area contributed by atoms with E-state index in [9.17, 15) is 8.78 Å². The van der Waals surface area contributed by atoms with Gasteiger partial charge < -0.3 is 25.0 Å². The molecule has 0 radical (unpaired) electrons. The SMILES string of the molecule is CCCOc1ccc(CNC(=NC)NCCN(C)C(C)C)c(OC(F)F)c1. The van der Waals surface area contributed by atoms with Crippen LogP contribution in [0.25, 0.3) is 0 Å². The Balaban J connectivity index is 2.66. The van der Waals surface area contributed by atoms with Crippen molar-refractivity contribution in [2.75, 3.05) is 33.8 Å². The summed E-state index contributed by atoms with van der Waals surface area (Å²) in [5, 5.41) is 6.33. The number of hydrogen-bond donors (Lipinski definition) is 2. The highest BCUT2D eigenvalue weighted by atomic mass is 19.3. The Morgan fingerprint density at radius 1 is 1.26 bits per heavy atom. The second-order valence-electron chi connectivity index (χ2n) is 6.42. The van der Waals surface area contributed by atoms with Gasteiger partial charge in [-0.1, -0.05) is 6.92 Å². The molecule has 0 atom stereocenters. The second-order valence-corrected chi connectivity index (χ2v) is 6.42. The number of halogens is 2. The summed E-state index contributed by atoms with van der Waals surface area (Å²) in [6.07, 6.45) is 0.836. The lowest BCUT2D eigenvalue weighted by Gasteiger charge is -2.22. The van der Waals surface area contributed by atoms with Gasteiger partial charge in [-0.3, -0.25) is 4.99 Å². The lowest BCUT2D eigenvalue weighted by Crippen LogP contribution is -2.41. The van der Waals surface area contributed by atoms with Gasteiger partial charge in [0.05, 0.1) is 6.61 Å². The molecule has 0 aliphatic heterocycles. The molecule has 0 aromatic heterocycles. The fourth-order valence-electron chi connectivity index (χ4n) is 2.20. The van der Waals surface area contributed by atoms with Crippen LogP contribution in [0.4, 0.5) is 8.78 Å². The van der Waals surface area contributed by atoms with Crippen molar-refractivity contribution in [1.29, 1.82) is 0 Å². The van der Waals surface area contributed by atoms with Crippen molar-refractivity contribution < 1.29 is 18.3 Å². The molecule has 0 aliphatic rings. The van der Waals surface area contributed by atoms with E-state index in [1.54, 1.807) is 19.2 Å². The van der Waals surface area contributed by atoms with E-state index in [1.807, 2.05) is 6.92 Å². The minimum absolute atomic E-state index is 0.0982. The van der Waals surface area contributed by atoms with Crippen molar-refractivity contribution in [3.63, 3.8) is 0 Å². The highest BCUT2D eigenvalue weighted by Crippen LogP contribution is 2.26. The van der Waals surface area contributed by atoms with Gasteiger partial charge in [0.25, 0.3) is 0 Å². The molecular formula is C19H32F2N4O2. The first-order valence-electron chi connectivity index (χ1n) is 9.22. The van der Waals surface area contributed by atoms with Crippen LogP contribution in [0.3, 0.4) is 0 Å². The predicted octanol–water partition coefficient (Wildman–Crippen LogP) is 3.08. The lowest BCUT2D eigenvalue weighted by molar-refractivity contribution is -0.0505. The fourth-order valence-corrected chi connectivity index (χ4v) is 2.20. The van der Waals surface area contributed by atoms with Crippen LogP contribution < -0.4 is 20.1 Å². The van der Waals surface area contributed by atoms with Gasteiger partial charge >= 0.3 is 6.61 Å². The summed E-state index contributed by atoms with van der Waals surface area (Å²) in [6, 6.07) is 5.42. The molecule has 1 rings (SSSR count). The summed E-state index contributed by atoms with van der Waals surface area (Å²) in [6.45, 7) is 5.75. The standard InChI is InChI=1S/C19H32F2N4O2/c1-6-11-26-16-8-7-15(17(12-16)27-18(20)21)13-24-19(22-4)23-9-10-25(5)14(2)3/h7-8,12,14,18H,6,9-11,13H2,1-5H3,(H2,22,23,24). The average molecular weight is 386 g/mol. The van der Waals surface area contributed by atoms with Crippen LogP contribution in [-0.4, -0.2) is 57.3 Å². The number of ether oxygens (including phenoxy) is 2. The van der Waals surface area contributed by atoms with E-state index < -0.39 is 6.61 Å². The largest absolute Gasteiger partial charge is 0.493 e. The van der Waals surface area contributed by atoms with E-state index in [1.165, 1.54) is 6.07 Å². The molecule has 0 saturated heterocycles. The number of benzene rings is 1. The van der Waals surface area contributed by atoms with Gasteiger partial charge in [-0.25, -0.2) is 0 Å². The molecule has 0 saturated carbocycles. The minimum atomic E-state index is -2.89. The molecule has 27 heavy (non-hydrogen) atoms. The number of nitrogens with one attached hydrogen (secondary N) is 2. The Labute approximate surface area is 160 Å². The van der Waals surface area contributed by atoms with E-state index in [4.69, 9.17) is 4.74 Å². The molecule has 0 spiro atoms. The number of nitrogens with zero attached hydrogens (tertiary/aromatic N) is 2. The van der Waals surface area contributed by atoms with Gasteiger partial charge in [-0.05, 0) is 39.4 Å². The molecule has 0 heterocycles. The molecule has 0 fully saturated rings. The molecule has 8 heteroatoms. The molecule has 2 N–H and O–H groups in total. The maximum Gasteiger partial charge on any atom is 0.387 e. The number of rotatable bonds is 11. The van der Waals surface area contributed by atoms with Gasteiger partial charge in [0.15, 0.2) is 5.96 Å². The van der Waals surface area contributed by atoms with Crippen molar-refractivity contribution in [3.8, 4) is 11.5 Å². The molecule has 0 aliphatic carbocycles. The minimum Gasteiger partial charge on any atom is -0.493 e. The molecule has 0 amide bonds. The van der Waals surface area contributed by atoms with Crippen molar-refractivity contribution in [2.45, 2.75) is 46.4 Å². The van der Waals surface area contributed by atoms with Gasteiger partial charge in [-0.15, -0.1) is 0 Å². The van der Waals surface area contributed by atoms with Crippen LogP contribution in [0, 0.1) is 0 Å². The first-order chi connectivity index (χ1) is 12.9. The highest BCUT2D eigenvalue weighted by Gasteiger charge is 2.12. The fraction of sp³-hybridized carbons (Fsp3) is 0.632. The monoisotopic (exact) mass is 386 g/mol. The van der Waals surface area contributed by atoms with Gasteiger partial charge in [0.2, 0.25) is 0 Å². The van der Waals surface area contributed by atoms with Crippen LogP contribution in [0.15, 0.2) is 23.2 Å². The topological polar surface area (TPSA) is 58.1 Å². The zero-order chi connectivity index (χ0) is 20.2. The average Bonchev–Trinajstić information content (AvgIpc) is 2.63. The molecule has 0 bridgehead atoms. The molecule has 0 unspecified atom stereocenters. The zero-order valence-electron chi connectivity index (χ0n) is 16.9. The van der Waals surface area contributed by atoms with E-state index in [0.717, 1.165) is 19.5 Å². The summed E-state index contributed by atoms with van der Waals surface area (Å²) >= 11 is 0. The zero-order valence-corrected chi connectivity index (χ0v) is 16.9. The number of likely N-dealkylation sites (N-methyl/N-ethyl adjacent to an activating group) is 1. The lowest BCUT2D eigenvalue weighted by atomic mass is 10.2. The second kappa shape index (κ2) is 12.3. The predicted molar refractivity (Wildman–Crippen MR) is 105 cm³/mol. The van der Waals surface area contributed by atoms with E-state index >= 15 is 0 Å². The van der Waals surface area contributed by atoms with E-state index in [0.29, 0.717) is 36.5 Å². The van der Waals surface area contributed by atoms with Crippen LogP contribution in [0.2, 0.25) is 0 Å². The quantitative estimate of drug-likeness (QED) is 0.452. The van der Waals surface area contributed by atoms with Gasteiger partial charge in [0.1, 0.15) is 11.5 Å². The summed E-state index contributed by atoms with van der Waals surface area (Å²) in [5.74, 6) is 1.21. The highest BCUT2D eigenvalue weighted by molar-refractivity contribution is 5.79. The summed E-state index contributed by atoms with van der Waals surface area (Å²) < 4.78 is 35.6. The Morgan fingerprint density at radius 3 is 2.59 bits per heavy atom. The van der Waals surface area contributed by atoms with Crippen LogP contribution in [-0.2, 0) is 6.54 Å². The van der Waals surface area contributed by atoms with Crippen molar-refractivity contribution >= 4 is 5.96 Å². The van der Waals surface area contributed by atoms with Crippen molar-refractivity contribution in [1.82, 2.24) is 15.5 Å². The van der Waals surface area contributed by atoms with Crippen molar-refractivity contribution in [2.24, 2.45) is 4.99 Å². The number of hydrogen-bond acceptors (Lipinski definition) is 4. The summed E-state index contributed by atoms with van der Waals surface area (Å²) in [7, 11) is 3.72. The molecule has 1 aromatic carbocycles. The van der Waals surface area contributed by atoms with Crippen LogP contribution in [0.5, 0.6) is 11.5 Å². The molecule has 6 nitrogen and oxygen atoms in total. The van der Waals surface area contributed by atoms with E-state index in [-0.39, 0.29) is 5.75 Å². The van der Waals surface area contributed by atoms with E-state index in [2.05, 4.69) is 46.2 Å². The molecule has 154 valence electrons. The number of aliphatic imine (C=N–C) groups is 1. The Hall–Kier alpha value is -2.09. The summed E-state index contributed by atoms with van der Waals surface area (Å²) in [5.41, 5.74) is 0.599. The maximum absolute atomic E-state index is 12.7. The Morgan fingerprint density at radius 2 is 2.00 bits per heavy atom. The number of guanidine groups is 1. The smallest absolute Gasteiger partial charge is 0.387 e.